The summed E-state index contributed by atoms with van der Waals surface area (Å²) in [4.78, 5) is 29.3. The molecular formula is C22H31N5O3S. The zero-order valence-electron chi connectivity index (χ0n) is 18.5. The average Bonchev–Trinajstić information content (AvgIpc) is 3.39. The normalized spacial score (nSPS) is 20.2. The Morgan fingerprint density at radius 1 is 1.03 bits per heavy atom. The second kappa shape index (κ2) is 9.38. The van der Waals surface area contributed by atoms with Gasteiger partial charge >= 0.3 is 5.97 Å². The maximum Gasteiger partial charge on any atom is 0.310 e. The summed E-state index contributed by atoms with van der Waals surface area (Å²) in [5.41, 5.74) is 2.29. The predicted molar refractivity (Wildman–Crippen MR) is 120 cm³/mol. The van der Waals surface area contributed by atoms with E-state index in [2.05, 4.69) is 45.6 Å². The third-order valence-corrected chi connectivity index (χ3v) is 7.30. The molecule has 2 aromatic heterocycles. The van der Waals surface area contributed by atoms with Crippen LogP contribution in [0.3, 0.4) is 0 Å². The smallest absolute Gasteiger partial charge is 0.310 e. The largest absolute Gasteiger partial charge is 0.466 e. The van der Waals surface area contributed by atoms with Crippen LogP contribution in [0.15, 0.2) is 12.1 Å². The number of ether oxygens (including phenoxy) is 1. The van der Waals surface area contributed by atoms with Crippen molar-refractivity contribution in [3.63, 3.8) is 0 Å². The van der Waals surface area contributed by atoms with Crippen LogP contribution >= 0.6 is 11.3 Å². The first-order valence-corrected chi connectivity index (χ1v) is 12.0. The van der Waals surface area contributed by atoms with Gasteiger partial charge in [-0.25, -0.2) is 0 Å². The molecule has 0 radical (unpaired) electrons. The molecule has 4 rings (SSSR count). The molecule has 0 aromatic carbocycles. The first-order valence-electron chi connectivity index (χ1n) is 11.2. The van der Waals surface area contributed by atoms with Crippen molar-refractivity contribution < 1.29 is 14.3 Å². The zero-order chi connectivity index (χ0) is 22.0. The maximum atomic E-state index is 13.1. The molecule has 0 saturated carbocycles. The molecule has 9 heteroatoms. The van der Waals surface area contributed by atoms with E-state index in [9.17, 15) is 9.59 Å². The van der Waals surface area contributed by atoms with Gasteiger partial charge in [0, 0.05) is 43.5 Å². The lowest BCUT2D eigenvalue weighted by Gasteiger charge is -2.37. The molecular weight excluding hydrogens is 414 g/mol. The Labute approximate surface area is 187 Å². The number of amides is 1. The predicted octanol–water partition coefficient (Wildman–Crippen LogP) is 2.96. The number of piperidine rings is 2. The van der Waals surface area contributed by atoms with Gasteiger partial charge in [-0.3, -0.25) is 14.2 Å². The Morgan fingerprint density at radius 2 is 1.71 bits per heavy atom. The molecule has 168 valence electrons. The minimum Gasteiger partial charge on any atom is -0.466 e. The number of esters is 1. The van der Waals surface area contributed by atoms with Crippen LogP contribution in [0.1, 0.15) is 44.0 Å². The highest BCUT2D eigenvalue weighted by molar-refractivity contribution is 7.17. The van der Waals surface area contributed by atoms with Gasteiger partial charge in [-0.05, 0) is 58.6 Å². The first kappa shape index (κ1) is 21.8. The van der Waals surface area contributed by atoms with Crippen LogP contribution in [-0.2, 0) is 14.3 Å². The number of rotatable bonds is 5. The molecule has 1 amide bonds. The molecule has 0 unspecified atom stereocenters. The van der Waals surface area contributed by atoms with Gasteiger partial charge in [-0.15, -0.1) is 10.2 Å². The molecule has 2 aromatic rings. The van der Waals surface area contributed by atoms with E-state index in [-0.39, 0.29) is 23.7 Å². The third-order valence-electron chi connectivity index (χ3n) is 6.33. The van der Waals surface area contributed by atoms with Crippen molar-refractivity contribution in [1.82, 2.24) is 19.7 Å². The van der Waals surface area contributed by atoms with Crippen molar-refractivity contribution in [2.24, 2.45) is 11.8 Å². The van der Waals surface area contributed by atoms with E-state index in [1.165, 1.54) is 0 Å². The lowest BCUT2D eigenvalue weighted by Crippen LogP contribution is -2.47. The van der Waals surface area contributed by atoms with E-state index in [1.54, 1.807) is 11.3 Å². The monoisotopic (exact) mass is 445 g/mol. The van der Waals surface area contributed by atoms with E-state index in [0.717, 1.165) is 67.0 Å². The van der Waals surface area contributed by atoms with Gasteiger partial charge in [0.25, 0.3) is 0 Å². The molecule has 31 heavy (non-hydrogen) atoms. The summed E-state index contributed by atoms with van der Waals surface area (Å²) < 4.78 is 7.28. The van der Waals surface area contributed by atoms with Gasteiger partial charge in [0.15, 0.2) is 0 Å². The molecule has 1 atom stereocenters. The van der Waals surface area contributed by atoms with E-state index < -0.39 is 0 Å². The van der Waals surface area contributed by atoms with E-state index in [1.807, 2.05) is 11.8 Å². The van der Waals surface area contributed by atoms with Crippen molar-refractivity contribution in [2.45, 2.75) is 46.5 Å². The van der Waals surface area contributed by atoms with Crippen molar-refractivity contribution in [1.29, 1.82) is 0 Å². The lowest BCUT2D eigenvalue weighted by atomic mass is 9.92. The summed E-state index contributed by atoms with van der Waals surface area (Å²) in [5.74, 6) is -0.156. The number of hydrogen-bond donors (Lipinski definition) is 0. The Kier molecular flexibility index (Phi) is 6.60. The fraction of sp³-hybridized carbons (Fsp3) is 0.636. The van der Waals surface area contributed by atoms with E-state index in [4.69, 9.17) is 4.74 Å². The molecule has 2 aliphatic rings. The molecule has 0 N–H and O–H groups in total. The second-order valence-corrected chi connectivity index (χ2v) is 9.39. The van der Waals surface area contributed by atoms with Gasteiger partial charge in [-0.1, -0.05) is 11.3 Å². The third kappa shape index (κ3) is 4.61. The molecule has 8 nitrogen and oxygen atoms in total. The van der Waals surface area contributed by atoms with Crippen LogP contribution in [0.4, 0.5) is 5.13 Å². The number of likely N-dealkylation sites (tertiary alicyclic amines) is 1. The molecule has 2 fully saturated rings. The molecule has 4 heterocycles. The van der Waals surface area contributed by atoms with Gasteiger partial charge in [0.2, 0.25) is 16.2 Å². The summed E-state index contributed by atoms with van der Waals surface area (Å²) in [7, 11) is 0. The summed E-state index contributed by atoms with van der Waals surface area (Å²) in [6, 6.07) is 4.17. The highest BCUT2D eigenvalue weighted by Crippen LogP contribution is 2.30. The van der Waals surface area contributed by atoms with E-state index >= 15 is 0 Å². The highest BCUT2D eigenvalue weighted by atomic mass is 32.1. The molecule has 0 spiro atoms. The maximum absolute atomic E-state index is 13.1. The fourth-order valence-corrected chi connectivity index (χ4v) is 5.62. The number of aryl methyl sites for hydroxylation is 2. The number of nitrogens with zero attached hydrogens (tertiary/aromatic N) is 5. The Morgan fingerprint density at radius 3 is 2.39 bits per heavy atom. The summed E-state index contributed by atoms with van der Waals surface area (Å²) in [5, 5.41) is 10.6. The Bertz CT molecular complexity index is 912. The number of carbonyl (C=O) groups excluding carboxylic acids is 2. The average molecular weight is 446 g/mol. The lowest BCUT2D eigenvalue weighted by molar-refractivity contribution is -0.152. The van der Waals surface area contributed by atoms with Gasteiger partial charge in [-0.2, -0.15) is 0 Å². The van der Waals surface area contributed by atoms with Crippen molar-refractivity contribution in [3.05, 3.63) is 23.5 Å². The first-order chi connectivity index (χ1) is 15.0. The van der Waals surface area contributed by atoms with E-state index in [0.29, 0.717) is 13.2 Å². The van der Waals surface area contributed by atoms with Crippen LogP contribution in [0.5, 0.6) is 0 Å². The molecule has 0 aliphatic carbocycles. The van der Waals surface area contributed by atoms with Crippen molar-refractivity contribution in [2.75, 3.05) is 37.7 Å². The summed E-state index contributed by atoms with van der Waals surface area (Å²) in [6.07, 6.45) is 3.27. The van der Waals surface area contributed by atoms with Gasteiger partial charge < -0.3 is 14.5 Å². The number of hydrogen-bond acceptors (Lipinski definition) is 7. The van der Waals surface area contributed by atoms with Crippen LogP contribution in [0, 0.1) is 25.7 Å². The SMILES string of the molecule is CCOC(=O)[C@H]1CCCN(C(=O)C2CCN(c3nnc(-n4c(C)ccc4C)s3)CC2)C1. The standard InChI is InChI=1S/C22H31N5O3S/c1-4-30-20(29)18-6-5-11-26(14-18)19(28)17-9-12-25(13-10-17)21-23-24-22(31-21)27-15(2)7-8-16(27)3/h7-8,17-18H,4-6,9-14H2,1-3H3/t18-/m0/s1. The topological polar surface area (TPSA) is 80.6 Å². The van der Waals surface area contributed by atoms with Crippen LogP contribution in [0.25, 0.3) is 5.13 Å². The minimum absolute atomic E-state index is 0.0125. The molecule has 0 bridgehead atoms. The van der Waals surface area contributed by atoms with Crippen LogP contribution in [0.2, 0.25) is 0 Å². The minimum atomic E-state index is -0.182. The molecule has 2 aliphatic heterocycles. The molecule has 2 saturated heterocycles. The zero-order valence-corrected chi connectivity index (χ0v) is 19.4. The quantitative estimate of drug-likeness (QED) is 0.659. The van der Waals surface area contributed by atoms with Gasteiger partial charge in [0.1, 0.15) is 0 Å². The van der Waals surface area contributed by atoms with Crippen molar-refractivity contribution in [3.8, 4) is 5.13 Å². The summed E-state index contributed by atoms with van der Waals surface area (Å²) in [6.45, 7) is 9.17. The fourth-order valence-electron chi connectivity index (χ4n) is 4.60. The number of anilines is 1. The van der Waals surface area contributed by atoms with Gasteiger partial charge in [0.05, 0.1) is 12.5 Å². The highest BCUT2D eigenvalue weighted by Gasteiger charge is 2.34. The second-order valence-electron chi connectivity index (χ2n) is 8.46. The summed E-state index contributed by atoms with van der Waals surface area (Å²) >= 11 is 1.59. The van der Waals surface area contributed by atoms with Crippen molar-refractivity contribution >= 4 is 28.3 Å². The Hall–Kier alpha value is -2.42. The Balaban J connectivity index is 1.34. The van der Waals surface area contributed by atoms with Crippen LogP contribution < -0.4 is 4.90 Å². The number of aromatic nitrogens is 3. The number of carbonyl (C=O) groups is 2. The van der Waals surface area contributed by atoms with Crippen LogP contribution in [-0.4, -0.2) is 64.3 Å².